The predicted molar refractivity (Wildman–Crippen MR) is 31.7 cm³/mol. The Hall–Kier alpha value is 2.60. The third-order valence-corrected chi connectivity index (χ3v) is 0. The van der Waals surface area contributed by atoms with E-state index in [1.165, 1.54) is 0 Å². The molecule has 0 unspecified atom stereocenters. The van der Waals surface area contributed by atoms with Crippen LogP contribution in [0.25, 0.3) is 0 Å². The molecule has 0 heterocycles. The van der Waals surface area contributed by atoms with Crippen molar-refractivity contribution < 1.29 is 39.9 Å². The molecule has 0 spiro atoms. The zero-order valence-corrected chi connectivity index (χ0v) is 6.22. The summed E-state index contributed by atoms with van der Waals surface area (Å²) < 4.78 is 31.6. The van der Waals surface area contributed by atoms with Crippen LogP contribution in [0.1, 0.15) is 0 Å². The Bertz CT molecular complexity index is 97.2. The fourth-order valence-corrected chi connectivity index (χ4v) is 0. The summed E-state index contributed by atoms with van der Waals surface area (Å²) in [5, 5.41) is 0. The van der Waals surface area contributed by atoms with Gasteiger partial charge in [0.25, 0.3) is 0 Å². The summed E-state index contributed by atoms with van der Waals surface area (Å²) in [6.07, 6.45) is 0. The average Bonchev–Trinajstić information content (AvgIpc) is 0.722. The molecule has 0 atom stereocenters. The normalized spacial score (nSPS) is 7.25. The van der Waals surface area contributed by atoms with Crippen LogP contribution in [-0.4, -0.2) is 68.9 Å². The maximum atomic E-state index is 8.74. The van der Waals surface area contributed by atoms with E-state index in [-0.39, 0.29) is 87.3 Å². The van der Waals surface area contributed by atoms with Crippen molar-refractivity contribution >= 4 is 75.3 Å². The van der Waals surface area contributed by atoms with Crippen molar-refractivity contribution in [2.24, 2.45) is 0 Å². The second-order valence-electron chi connectivity index (χ2n) is 0.448. The average molecular weight is 280 g/mol. The molecule has 0 aromatic rings. The van der Waals surface area contributed by atoms with Gasteiger partial charge in [-0.05, 0) is 0 Å². The summed E-state index contributed by atoms with van der Waals surface area (Å²) >= 11 is 0. The van der Waals surface area contributed by atoms with Gasteiger partial charge in [0.05, 0.1) is 0 Å². The van der Waals surface area contributed by atoms with Crippen molar-refractivity contribution in [1.29, 1.82) is 0 Å². The van der Waals surface area contributed by atoms with E-state index < -0.39 is 10.4 Å². The predicted octanol–water partition coefficient (Wildman–Crippen LogP) is -1.19. The Balaban J connectivity index is -0.0000000267. The Morgan fingerprint density at radius 2 is 1.12 bits per heavy atom. The molecule has 1 radical (unpaired) electrons. The van der Waals surface area contributed by atoms with Crippen molar-refractivity contribution in [3.63, 3.8) is 0 Å². The van der Waals surface area contributed by atoms with Gasteiger partial charge in [-0.25, -0.2) is 0 Å². The van der Waals surface area contributed by atoms with Crippen LogP contribution in [0.15, 0.2) is 0 Å². The van der Waals surface area contributed by atoms with E-state index in [1.54, 1.807) is 0 Å². The zero-order valence-electron chi connectivity index (χ0n) is 2.92. The first kappa shape index (κ1) is 22.4. The molecule has 8 heavy (non-hydrogen) atoms. The molecule has 0 bridgehead atoms. The van der Waals surface area contributed by atoms with Gasteiger partial charge < -0.3 is 0 Å². The standard InChI is InChI=1S/Ag.K.H2O4S.H2S.H/c;;1-5(2,3)4;;/h;;(H2,1,2,3,4);1H2;. The molecule has 0 saturated carbocycles. The summed E-state index contributed by atoms with van der Waals surface area (Å²) in [5.74, 6) is 0. The van der Waals surface area contributed by atoms with E-state index in [0.29, 0.717) is 0 Å². The van der Waals surface area contributed by atoms with Crippen LogP contribution in [0.3, 0.4) is 0 Å². The molecule has 0 amide bonds. The molecule has 0 rings (SSSR count). The number of hydrogen-bond donors (Lipinski definition) is 2. The van der Waals surface area contributed by atoms with E-state index in [1.807, 2.05) is 0 Å². The summed E-state index contributed by atoms with van der Waals surface area (Å²) in [5.41, 5.74) is 0. The molecule has 0 aromatic carbocycles. The SMILES string of the molecule is O=S(=O)(O)O.S.[Ag].[KH]. The van der Waals surface area contributed by atoms with Crippen molar-refractivity contribution in [2.75, 3.05) is 0 Å². The first-order chi connectivity index (χ1) is 2.00. The molecule has 0 aromatic heterocycles. The third kappa shape index (κ3) is 73.6. The minimum atomic E-state index is -4.67. The topological polar surface area (TPSA) is 74.6 Å². The molecule has 0 aliphatic carbocycles. The van der Waals surface area contributed by atoms with Crippen LogP contribution < -0.4 is 0 Å². The quantitative estimate of drug-likeness (QED) is 0.432. The molecule has 0 aliphatic heterocycles. The van der Waals surface area contributed by atoms with Gasteiger partial charge in [-0.1, -0.05) is 0 Å². The Morgan fingerprint density at radius 3 is 1.12 bits per heavy atom. The number of rotatable bonds is 0. The Morgan fingerprint density at radius 1 is 1.12 bits per heavy atom. The molecular formula is H5AgKO4S2. The van der Waals surface area contributed by atoms with Crippen molar-refractivity contribution in [2.45, 2.75) is 0 Å². The van der Waals surface area contributed by atoms with Gasteiger partial charge >= 0.3 is 61.8 Å². The molecule has 0 aliphatic rings. The summed E-state index contributed by atoms with van der Waals surface area (Å²) in [6, 6.07) is 0. The first-order valence-electron chi connectivity index (χ1n) is 0.698. The number of hydrogen-bond acceptors (Lipinski definition) is 2. The molecule has 0 fully saturated rings. The van der Waals surface area contributed by atoms with Crippen molar-refractivity contribution in [3.8, 4) is 0 Å². The van der Waals surface area contributed by atoms with Gasteiger partial charge in [0.1, 0.15) is 0 Å². The third-order valence-electron chi connectivity index (χ3n) is 0. The maximum absolute atomic E-state index is 8.74. The van der Waals surface area contributed by atoms with E-state index >= 15 is 0 Å². The van der Waals surface area contributed by atoms with Gasteiger partial charge in [0.15, 0.2) is 0 Å². The molecule has 2 N–H and O–H groups in total. The van der Waals surface area contributed by atoms with Gasteiger partial charge in [-0.2, -0.15) is 21.9 Å². The fraction of sp³-hybridized carbons (Fsp3) is 0. The zero-order chi connectivity index (χ0) is 4.50. The van der Waals surface area contributed by atoms with E-state index in [0.717, 1.165) is 0 Å². The molecule has 0 saturated heterocycles. The van der Waals surface area contributed by atoms with Crippen molar-refractivity contribution in [1.82, 2.24) is 0 Å². The monoisotopic (exact) mass is 279 g/mol. The molecule has 53 valence electrons. The first-order valence-corrected chi connectivity index (χ1v) is 2.10. The van der Waals surface area contributed by atoms with E-state index in [4.69, 9.17) is 17.5 Å². The summed E-state index contributed by atoms with van der Waals surface area (Å²) in [4.78, 5) is 0. The van der Waals surface area contributed by atoms with E-state index in [9.17, 15) is 0 Å². The van der Waals surface area contributed by atoms with E-state index in [2.05, 4.69) is 0 Å². The minimum absolute atomic E-state index is 0. The second-order valence-corrected chi connectivity index (χ2v) is 1.34. The van der Waals surface area contributed by atoms with Crippen LogP contribution in [0.2, 0.25) is 0 Å². The Labute approximate surface area is 113 Å². The molecular weight excluding hydrogens is 275 g/mol. The molecule has 4 nitrogen and oxygen atoms in total. The molecule has 8 heteroatoms. The van der Waals surface area contributed by atoms with Crippen molar-refractivity contribution in [3.05, 3.63) is 0 Å². The Kier molecular flexibility index (Phi) is 26.9. The van der Waals surface area contributed by atoms with Gasteiger partial charge in [0, 0.05) is 22.4 Å². The van der Waals surface area contributed by atoms with Crippen LogP contribution in [0, 0.1) is 0 Å². The fourth-order valence-electron chi connectivity index (χ4n) is 0. The summed E-state index contributed by atoms with van der Waals surface area (Å²) in [6.45, 7) is 0. The van der Waals surface area contributed by atoms with Gasteiger partial charge in [-0.15, -0.1) is 0 Å². The van der Waals surface area contributed by atoms with Crippen LogP contribution in [0.4, 0.5) is 0 Å². The van der Waals surface area contributed by atoms with Crippen LogP contribution >= 0.6 is 13.5 Å². The van der Waals surface area contributed by atoms with Gasteiger partial charge in [0.2, 0.25) is 0 Å². The van der Waals surface area contributed by atoms with Crippen LogP contribution in [0.5, 0.6) is 0 Å². The van der Waals surface area contributed by atoms with Gasteiger partial charge in [-0.3, -0.25) is 9.11 Å². The van der Waals surface area contributed by atoms with Crippen LogP contribution in [-0.2, 0) is 32.8 Å². The second kappa shape index (κ2) is 9.60. The summed E-state index contributed by atoms with van der Waals surface area (Å²) in [7, 11) is -4.67.